The highest BCUT2D eigenvalue weighted by molar-refractivity contribution is 5.98. The van der Waals surface area contributed by atoms with Gasteiger partial charge < -0.3 is 15.2 Å². The first kappa shape index (κ1) is 12.3. The number of hydrogen-bond donors (Lipinski definition) is 2. The lowest BCUT2D eigenvalue weighted by molar-refractivity contribution is -0.127. The van der Waals surface area contributed by atoms with Crippen LogP contribution in [0.3, 0.4) is 0 Å². The number of nitrogens with zero attached hydrogens (tertiary/aromatic N) is 1. The number of rotatable bonds is 1. The zero-order valence-corrected chi connectivity index (χ0v) is 11.1. The van der Waals surface area contributed by atoms with Crippen molar-refractivity contribution in [2.45, 2.75) is 44.7 Å². The number of carbonyl (C=O) groups is 2. The zero-order valence-electron chi connectivity index (χ0n) is 11.1. The van der Waals surface area contributed by atoms with Crippen molar-refractivity contribution in [3.8, 4) is 0 Å². The van der Waals surface area contributed by atoms with Gasteiger partial charge in [-0.2, -0.15) is 0 Å². The molecule has 3 rings (SSSR count). The lowest BCUT2D eigenvalue weighted by Crippen LogP contribution is -2.62. The highest BCUT2D eigenvalue weighted by Gasteiger charge is 2.39. The van der Waals surface area contributed by atoms with Crippen molar-refractivity contribution in [1.29, 1.82) is 0 Å². The molecule has 1 aliphatic carbocycles. The Kier molecular flexibility index (Phi) is 3.05. The first-order valence-corrected chi connectivity index (χ1v) is 6.91. The van der Waals surface area contributed by atoms with Crippen LogP contribution in [0.5, 0.6) is 0 Å². The fraction of sp³-hybridized carbons (Fsp3) is 0.571. The Hall–Kier alpha value is -1.78. The number of nitrogens with one attached hydrogen (secondary N) is 2. The van der Waals surface area contributed by atoms with Gasteiger partial charge in [0, 0.05) is 17.9 Å². The largest absolute Gasteiger partial charge is 0.365 e. The molecule has 5 heteroatoms. The van der Waals surface area contributed by atoms with Crippen LogP contribution in [0.15, 0.2) is 12.3 Å². The van der Waals surface area contributed by atoms with Crippen LogP contribution in [-0.2, 0) is 4.79 Å². The van der Waals surface area contributed by atoms with Gasteiger partial charge in [0.15, 0.2) is 0 Å². The molecule has 2 N–H and O–H groups in total. The fourth-order valence-corrected chi connectivity index (χ4v) is 3.24. The molecule has 2 fully saturated rings. The van der Waals surface area contributed by atoms with Gasteiger partial charge >= 0.3 is 0 Å². The Morgan fingerprint density at radius 2 is 2.16 bits per heavy atom. The molecule has 5 nitrogen and oxygen atoms in total. The van der Waals surface area contributed by atoms with Gasteiger partial charge in [-0.1, -0.05) is 12.8 Å². The van der Waals surface area contributed by atoms with Crippen LogP contribution < -0.4 is 5.32 Å². The predicted octanol–water partition coefficient (Wildman–Crippen LogP) is 1.21. The van der Waals surface area contributed by atoms with E-state index >= 15 is 0 Å². The van der Waals surface area contributed by atoms with Gasteiger partial charge in [-0.15, -0.1) is 0 Å². The number of hydrogen-bond acceptors (Lipinski definition) is 2. The number of piperazine rings is 1. The van der Waals surface area contributed by atoms with Crippen LogP contribution in [0.4, 0.5) is 0 Å². The van der Waals surface area contributed by atoms with Gasteiger partial charge in [0.2, 0.25) is 5.91 Å². The van der Waals surface area contributed by atoms with Gasteiger partial charge in [0.25, 0.3) is 5.91 Å². The first-order chi connectivity index (χ1) is 9.16. The highest BCUT2D eigenvalue weighted by Crippen LogP contribution is 2.27. The summed E-state index contributed by atoms with van der Waals surface area (Å²) in [5, 5.41) is 3.02. The number of aromatic amines is 1. The molecule has 1 saturated carbocycles. The molecule has 102 valence electrons. The summed E-state index contributed by atoms with van der Waals surface area (Å²) in [6, 6.07) is 2.09. The number of fused-ring (bicyclic) bond motifs is 1. The Morgan fingerprint density at radius 1 is 1.37 bits per heavy atom. The summed E-state index contributed by atoms with van der Waals surface area (Å²) in [5.74, 6) is -0.0600. The minimum absolute atomic E-state index is 0.0227. The van der Waals surface area contributed by atoms with Crippen molar-refractivity contribution in [2.24, 2.45) is 0 Å². The number of amides is 2. The lowest BCUT2D eigenvalue weighted by atomic mass is 9.87. The van der Waals surface area contributed by atoms with Gasteiger partial charge in [-0.25, -0.2) is 0 Å². The topological polar surface area (TPSA) is 65.2 Å². The van der Waals surface area contributed by atoms with Crippen LogP contribution in [0, 0.1) is 6.92 Å². The second-order valence-corrected chi connectivity index (χ2v) is 5.48. The van der Waals surface area contributed by atoms with Crippen molar-refractivity contribution in [1.82, 2.24) is 15.2 Å². The average Bonchev–Trinajstić information content (AvgIpc) is 2.83. The van der Waals surface area contributed by atoms with E-state index < -0.39 is 0 Å². The van der Waals surface area contributed by atoms with Crippen molar-refractivity contribution < 1.29 is 9.59 Å². The molecule has 1 saturated heterocycles. The molecule has 2 amide bonds. The number of aryl methyl sites for hydroxylation is 1. The average molecular weight is 261 g/mol. The normalized spacial score (nSPS) is 26.8. The Balaban J connectivity index is 1.87. The zero-order chi connectivity index (χ0) is 13.4. The molecular weight excluding hydrogens is 242 g/mol. The van der Waals surface area contributed by atoms with E-state index in [9.17, 15) is 9.59 Å². The third kappa shape index (κ3) is 2.13. The Morgan fingerprint density at radius 3 is 2.89 bits per heavy atom. The van der Waals surface area contributed by atoms with Crippen molar-refractivity contribution in [2.75, 3.05) is 6.54 Å². The van der Waals surface area contributed by atoms with Gasteiger partial charge in [-0.3, -0.25) is 9.59 Å². The van der Waals surface area contributed by atoms with Crippen LogP contribution in [0.25, 0.3) is 0 Å². The van der Waals surface area contributed by atoms with Crippen LogP contribution in [0.2, 0.25) is 0 Å². The molecule has 19 heavy (non-hydrogen) atoms. The van der Waals surface area contributed by atoms with Gasteiger partial charge in [-0.05, 0) is 25.8 Å². The molecule has 1 aromatic rings. The summed E-state index contributed by atoms with van der Waals surface area (Å²) >= 11 is 0. The number of carbonyl (C=O) groups excluding carboxylic acids is 2. The van der Waals surface area contributed by atoms with E-state index in [1.54, 1.807) is 17.2 Å². The molecule has 0 spiro atoms. The van der Waals surface area contributed by atoms with Crippen LogP contribution in [0.1, 0.15) is 41.7 Å². The number of H-pyrrole nitrogens is 1. The van der Waals surface area contributed by atoms with Gasteiger partial charge in [0.05, 0.1) is 11.6 Å². The fourth-order valence-electron chi connectivity index (χ4n) is 3.24. The summed E-state index contributed by atoms with van der Waals surface area (Å²) < 4.78 is 0. The second-order valence-electron chi connectivity index (χ2n) is 5.48. The molecule has 2 atom stereocenters. The van der Waals surface area contributed by atoms with Gasteiger partial charge in [0.1, 0.15) is 6.54 Å². The summed E-state index contributed by atoms with van der Waals surface area (Å²) in [7, 11) is 0. The third-order valence-corrected chi connectivity index (χ3v) is 4.24. The van der Waals surface area contributed by atoms with E-state index in [0.717, 1.165) is 31.4 Å². The Labute approximate surface area is 112 Å². The maximum absolute atomic E-state index is 12.6. The van der Waals surface area contributed by atoms with E-state index in [1.807, 2.05) is 6.92 Å². The summed E-state index contributed by atoms with van der Waals surface area (Å²) in [5.41, 5.74) is 1.54. The van der Waals surface area contributed by atoms with Crippen molar-refractivity contribution in [3.63, 3.8) is 0 Å². The van der Waals surface area contributed by atoms with Crippen molar-refractivity contribution in [3.05, 3.63) is 23.5 Å². The molecule has 2 aliphatic rings. The summed E-state index contributed by atoms with van der Waals surface area (Å²) in [6.07, 6.45) is 6.00. The molecule has 2 unspecified atom stereocenters. The predicted molar refractivity (Wildman–Crippen MR) is 70.8 cm³/mol. The maximum atomic E-state index is 12.6. The molecule has 0 aromatic carbocycles. The molecule has 1 aromatic heterocycles. The van der Waals surface area contributed by atoms with Crippen LogP contribution in [-0.4, -0.2) is 40.3 Å². The van der Waals surface area contributed by atoms with E-state index in [-0.39, 0.29) is 30.4 Å². The van der Waals surface area contributed by atoms with Crippen LogP contribution >= 0.6 is 0 Å². The quantitative estimate of drug-likeness (QED) is 0.798. The summed E-state index contributed by atoms with van der Waals surface area (Å²) in [4.78, 5) is 29.2. The molecule has 1 aliphatic heterocycles. The van der Waals surface area contributed by atoms with E-state index in [0.29, 0.717) is 5.56 Å². The molecular formula is C14H19N3O2. The lowest BCUT2D eigenvalue weighted by Gasteiger charge is -2.43. The minimum Gasteiger partial charge on any atom is -0.365 e. The van der Waals surface area contributed by atoms with Crippen molar-refractivity contribution >= 4 is 11.8 Å². The maximum Gasteiger partial charge on any atom is 0.256 e. The SMILES string of the molecule is Cc1[nH]ccc1C(=O)N1CC(=O)NC2CCCCC21. The molecule has 0 bridgehead atoms. The van der Waals surface area contributed by atoms with E-state index in [2.05, 4.69) is 10.3 Å². The monoisotopic (exact) mass is 261 g/mol. The second kappa shape index (κ2) is 4.72. The van der Waals surface area contributed by atoms with E-state index in [1.165, 1.54) is 0 Å². The summed E-state index contributed by atoms with van der Waals surface area (Å²) in [6.45, 7) is 2.07. The highest BCUT2D eigenvalue weighted by atomic mass is 16.2. The minimum atomic E-state index is -0.0373. The first-order valence-electron chi connectivity index (χ1n) is 6.91. The Bertz CT molecular complexity index is 509. The smallest absolute Gasteiger partial charge is 0.256 e. The van der Waals surface area contributed by atoms with E-state index in [4.69, 9.17) is 0 Å². The number of aromatic nitrogens is 1. The molecule has 2 heterocycles. The standard InChI is InChI=1S/C14H19N3O2/c1-9-10(6-7-15-9)14(19)17-8-13(18)16-11-4-2-3-5-12(11)17/h6-7,11-12,15H,2-5,8H2,1H3,(H,16,18). The molecule has 0 radical (unpaired) electrons. The third-order valence-electron chi connectivity index (χ3n) is 4.24.